The van der Waals surface area contributed by atoms with Crippen molar-refractivity contribution in [1.82, 2.24) is 15.0 Å². The van der Waals surface area contributed by atoms with E-state index in [2.05, 4.69) is 10.3 Å². The molecular formula is C12H9F3N4O. The van der Waals surface area contributed by atoms with Crippen molar-refractivity contribution in [2.24, 2.45) is 0 Å². The molecule has 0 bridgehead atoms. The van der Waals surface area contributed by atoms with Crippen molar-refractivity contribution in [2.75, 3.05) is 6.61 Å². The summed E-state index contributed by atoms with van der Waals surface area (Å²) in [5.41, 5.74) is -1.80. The number of benzene rings is 1. The quantitative estimate of drug-likeness (QED) is 0.867. The van der Waals surface area contributed by atoms with Gasteiger partial charge in [0, 0.05) is 0 Å². The first-order chi connectivity index (χ1) is 9.47. The van der Waals surface area contributed by atoms with E-state index in [0.29, 0.717) is 17.0 Å². The van der Waals surface area contributed by atoms with Crippen LogP contribution >= 0.6 is 0 Å². The molecule has 1 aromatic carbocycles. The number of ether oxygens (including phenoxy) is 1. The molecule has 5 nitrogen and oxygen atoms in total. The van der Waals surface area contributed by atoms with Gasteiger partial charge in [-0.05, 0) is 31.2 Å². The van der Waals surface area contributed by atoms with Gasteiger partial charge in [0.2, 0.25) is 0 Å². The van der Waals surface area contributed by atoms with Crippen molar-refractivity contribution in [3.63, 3.8) is 0 Å². The van der Waals surface area contributed by atoms with Gasteiger partial charge >= 0.3 is 6.18 Å². The third-order valence-corrected chi connectivity index (χ3v) is 2.44. The first kappa shape index (κ1) is 13.9. The number of nitrogens with zero attached hydrogens (tertiary/aromatic N) is 4. The van der Waals surface area contributed by atoms with Gasteiger partial charge < -0.3 is 4.74 Å². The lowest BCUT2D eigenvalue weighted by Gasteiger charge is -2.10. The van der Waals surface area contributed by atoms with Crippen LogP contribution in [0.3, 0.4) is 0 Å². The van der Waals surface area contributed by atoms with E-state index in [0.717, 1.165) is 0 Å². The topological polar surface area (TPSA) is 63.7 Å². The lowest BCUT2D eigenvalue weighted by atomic mass is 10.2. The van der Waals surface area contributed by atoms with Gasteiger partial charge in [-0.25, -0.2) is 4.68 Å². The standard InChI is InChI=1S/C12H9F3N4O/c1-2-20-9-5-3-8(4-6-9)19-11(12(13,14)15)10(7-16)17-18-19/h3-6H,2H2,1H3. The molecule has 8 heteroatoms. The highest BCUT2D eigenvalue weighted by atomic mass is 19.4. The maximum absolute atomic E-state index is 12.9. The Kier molecular flexibility index (Phi) is 3.61. The molecule has 0 spiro atoms. The number of aromatic nitrogens is 3. The molecule has 0 saturated heterocycles. The Bertz CT molecular complexity index is 640. The SMILES string of the molecule is CCOc1ccc(-n2nnc(C#N)c2C(F)(F)F)cc1. The molecule has 0 N–H and O–H groups in total. The third kappa shape index (κ3) is 2.56. The second-order valence-electron chi connectivity index (χ2n) is 3.73. The summed E-state index contributed by atoms with van der Waals surface area (Å²) in [5.74, 6) is 0.533. The van der Waals surface area contributed by atoms with Crippen LogP contribution in [-0.4, -0.2) is 21.6 Å². The van der Waals surface area contributed by atoms with E-state index in [1.54, 1.807) is 6.92 Å². The maximum Gasteiger partial charge on any atom is 0.436 e. The van der Waals surface area contributed by atoms with Crippen LogP contribution in [0.4, 0.5) is 13.2 Å². The summed E-state index contributed by atoms with van der Waals surface area (Å²) in [6.07, 6.45) is -4.72. The lowest BCUT2D eigenvalue weighted by Crippen LogP contribution is -2.14. The second-order valence-corrected chi connectivity index (χ2v) is 3.73. The summed E-state index contributed by atoms with van der Waals surface area (Å²) in [7, 11) is 0. The Labute approximate surface area is 112 Å². The molecule has 20 heavy (non-hydrogen) atoms. The van der Waals surface area contributed by atoms with E-state index in [-0.39, 0.29) is 5.69 Å². The first-order valence-electron chi connectivity index (χ1n) is 5.63. The van der Waals surface area contributed by atoms with E-state index in [1.807, 2.05) is 0 Å². The first-order valence-corrected chi connectivity index (χ1v) is 5.63. The molecule has 0 fully saturated rings. The van der Waals surface area contributed by atoms with Gasteiger partial charge in [-0.3, -0.25) is 0 Å². The van der Waals surface area contributed by atoms with E-state index in [9.17, 15) is 13.2 Å². The zero-order valence-electron chi connectivity index (χ0n) is 10.3. The maximum atomic E-state index is 12.9. The molecule has 0 atom stereocenters. The molecule has 1 aromatic heterocycles. The Balaban J connectivity index is 2.48. The molecule has 1 heterocycles. The Morgan fingerprint density at radius 1 is 1.30 bits per heavy atom. The minimum absolute atomic E-state index is 0.148. The molecule has 104 valence electrons. The number of rotatable bonds is 3. The van der Waals surface area contributed by atoms with Crippen molar-refractivity contribution in [2.45, 2.75) is 13.1 Å². The van der Waals surface area contributed by atoms with Crippen LogP contribution < -0.4 is 4.74 Å². The number of nitriles is 1. The number of halogens is 3. The van der Waals surface area contributed by atoms with Crippen molar-refractivity contribution in [3.05, 3.63) is 35.7 Å². The van der Waals surface area contributed by atoms with Crippen molar-refractivity contribution < 1.29 is 17.9 Å². The Morgan fingerprint density at radius 2 is 1.95 bits per heavy atom. The number of hydrogen-bond acceptors (Lipinski definition) is 4. The van der Waals surface area contributed by atoms with Crippen LogP contribution in [0.2, 0.25) is 0 Å². The predicted molar refractivity (Wildman–Crippen MR) is 62.2 cm³/mol. The van der Waals surface area contributed by atoms with Gasteiger partial charge in [0.1, 0.15) is 11.8 Å². The Hall–Kier alpha value is -2.56. The molecule has 0 unspecified atom stereocenters. The van der Waals surface area contributed by atoms with Crippen LogP contribution in [0.15, 0.2) is 24.3 Å². The van der Waals surface area contributed by atoms with Gasteiger partial charge in [-0.15, -0.1) is 5.10 Å². The minimum Gasteiger partial charge on any atom is -0.494 e. The normalized spacial score (nSPS) is 11.2. The largest absolute Gasteiger partial charge is 0.494 e. The van der Waals surface area contributed by atoms with E-state index >= 15 is 0 Å². The third-order valence-electron chi connectivity index (χ3n) is 2.44. The highest BCUT2D eigenvalue weighted by Gasteiger charge is 2.40. The molecule has 2 rings (SSSR count). The summed E-state index contributed by atoms with van der Waals surface area (Å²) in [6, 6.07) is 7.25. The molecule has 0 amide bonds. The van der Waals surface area contributed by atoms with Crippen LogP contribution in [-0.2, 0) is 6.18 Å². The number of hydrogen-bond donors (Lipinski definition) is 0. The van der Waals surface area contributed by atoms with Gasteiger partial charge in [0.15, 0.2) is 11.4 Å². The summed E-state index contributed by atoms with van der Waals surface area (Å²) in [6.45, 7) is 2.25. The fraction of sp³-hybridized carbons (Fsp3) is 0.250. The average molecular weight is 282 g/mol. The van der Waals surface area contributed by atoms with Crippen molar-refractivity contribution in [3.8, 4) is 17.5 Å². The fourth-order valence-electron chi connectivity index (χ4n) is 1.64. The zero-order chi connectivity index (χ0) is 14.8. The molecular weight excluding hydrogens is 273 g/mol. The van der Waals surface area contributed by atoms with Gasteiger partial charge in [0.25, 0.3) is 0 Å². The van der Waals surface area contributed by atoms with E-state index in [4.69, 9.17) is 10.00 Å². The lowest BCUT2D eigenvalue weighted by molar-refractivity contribution is -0.143. The zero-order valence-corrected chi connectivity index (χ0v) is 10.3. The van der Waals surface area contributed by atoms with Crippen molar-refractivity contribution in [1.29, 1.82) is 5.26 Å². The number of alkyl halides is 3. The molecule has 0 aliphatic rings. The van der Waals surface area contributed by atoms with Gasteiger partial charge in [-0.2, -0.15) is 18.4 Å². The monoisotopic (exact) mass is 282 g/mol. The summed E-state index contributed by atoms with van der Waals surface area (Å²) < 4.78 is 44.6. The highest BCUT2D eigenvalue weighted by Crippen LogP contribution is 2.32. The summed E-state index contributed by atoms with van der Waals surface area (Å²) >= 11 is 0. The second kappa shape index (κ2) is 5.21. The van der Waals surface area contributed by atoms with E-state index in [1.165, 1.54) is 30.3 Å². The van der Waals surface area contributed by atoms with Gasteiger partial charge in [0.05, 0.1) is 12.3 Å². The predicted octanol–water partition coefficient (Wildman–Crippen LogP) is 2.56. The molecule has 0 aliphatic heterocycles. The van der Waals surface area contributed by atoms with Crippen LogP contribution in [0.5, 0.6) is 5.75 Å². The minimum atomic E-state index is -4.72. The summed E-state index contributed by atoms with van der Waals surface area (Å²) in [5, 5.41) is 15.3. The molecule has 0 radical (unpaired) electrons. The molecule has 2 aromatic rings. The highest BCUT2D eigenvalue weighted by molar-refractivity contribution is 5.40. The molecule has 0 aliphatic carbocycles. The van der Waals surface area contributed by atoms with Crippen LogP contribution in [0.25, 0.3) is 5.69 Å². The van der Waals surface area contributed by atoms with E-state index < -0.39 is 17.6 Å². The fourth-order valence-corrected chi connectivity index (χ4v) is 1.64. The van der Waals surface area contributed by atoms with Crippen molar-refractivity contribution >= 4 is 0 Å². The average Bonchev–Trinajstić information content (AvgIpc) is 2.84. The molecule has 0 saturated carbocycles. The van der Waals surface area contributed by atoms with Gasteiger partial charge in [-0.1, -0.05) is 5.21 Å². The summed E-state index contributed by atoms with van der Waals surface area (Å²) in [4.78, 5) is 0. The van der Waals surface area contributed by atoms with Crippen LogP contribution in [0.1, 0.15) is 18.3 Å². The smallest absolute Gasteiger partial charge is 0.436 e. The Morgan fingerprint density at radius 3 is 2.45 bits per heavy atom. The van der Waals surface area contributed by atoms with Crippen LogP contribution in [0, 0.1) is 11.3 Å².